The Balaban J connectivity index is 2.25. The lowest BCUT2D eigenvalue weighted by Crippen LogP contribution is -2.39. The van der Waals surface area contributed by atoms with E-state index in [9.17, 15) is 4.39 Å². The summed E-state index contributed by atoms with van der Waals surface area (Å²) >= 11 is 5.42. The van der Waals surface area contributed by atoms with E-state index >= 15 is 0 Å². The number of nitrogens with zero attached hydrogens (tertiary/aromatic N) is 1. The fourth-order valence-electron chi connectivity index (χ4n) is 2.86. The molecule has 3 rings (SSSR count). The molecule has 1 unspecified atom stereocenters. The smallest absolute Gasteiger partial charge is 0.178 e. The lowest BCUT2D eigenvalue weighted by atomic mass is 9.94. The number of fused-ring (bicyclic) bond motifs is 1. The topological polar surface area (TPSA) is 29.9 Å². The van der Waals surface area contributed by atoms with Crippen molar-refractivity contribution in [2.45, 2.75) is 32.2 Å². The minimum absolute atomic E-state index is 0.155. The van der Waals surface area contributed by atoms with Crippen LogP contribution in [0.3, 0.4) is 0 Å². The summed E-state index contributed by atoms with van der Waals surface area (Å²) in [6, 6.07) is 3.38. The lowest BCUT2D eigenvalue weighted by Gasteiger charge is -2.35. The van der Waals surface area contributed by atoms with Gasteiger partial charge in [0.25, 0.3) is 0 Å². The molecule has 3 nitrogen and oxygen atoms in total. The number of imidazole rings is 1. The first kappa shape index (κ1) is 12.8. The second kappa shape index (κ2) is 4.42. The molecule has 0 spiro atoms. The summed E-state index contributed by atoms with van der Waals surface area (Å²) in [4.78, 5) is 3.10. The van der Waals surface area contributed by atoms with Gasteiger partial charge in [-0.3, -0.25) is 0 Å². The minimum atomic E-state index is -0.207. The number of hydrogen-bond donors (Lipinski definition) is 1. The fraction of sp³-hybridized carbons (Fsp3) is 0.500. The third-order valence-corrected chi connectivity index (χ3v) is 4.20. The number of hydrogen-bond acceptors (Lipinski definition) is 2. The predicted octanol–water partition coefficient (Wildman–Crippen LogP) is 3.67. The van der Waals surface area contributed by atoms with Gasteiger partial charge < -0.3 is 14.3 Å². The Morgan fingerprint density at radius 1 is 1.47 bits per heavy atom. The van der Waals surface area contributed by atoms with Crippen molar-refractivity contribution in [3.05, 3.63) is 28.3 Å². The molecule has 102 valence electrons. The van der Waals surface area contributed by atoms with Crippen molar-refractivity contribution in [1.29, 1.82) is 0 Å². The van der Waals surface area contributed by atoms with Gasteiger partial charge in [0.05, 0.1) is 23.2 Å². The summed E-state index contributed by atoms with van der Waals surface area (Å²) in [6.45, 7) is 5.37. The molecule has 1 N–H and O–H groups in total. The summed E-state index contributed by atoms with van der Waals surface area (Å²) in [7, 11) is 0. The van der Waals surface area contributed by atoms with Crippen molar-refractivity contribution >= 4 is 23.3 Å². The van der Waals surface area contributed by atoms with E-state index in [0.29, 0.717) is 16.9 Å². The summed E-state index contributed by atoms with van der Waals surface area (Å²) in [5.74, 6) is -0.207. The maximum Gasteiger partial charge on any atom is 0.178 e. The predicted molar refractivity (Wildman–Crippen MR) is 75.5 cm³/mol. The van der Waals surface area contributed by atoms with Gasteiger partial charge in [0, 0.05) is 6.61 Å². The third kappa shape index (κ3) is 2.01. The minimum Gasteiger partial charge on any atom is -0.379 e. The van der Waals surface area contributed by atoms with Gasteiger partial charge in [-0.25, -0.2) is 4.39 Å². The Hall–Kier alpha value is -1.20. The van der Waals surface area contributed by atoms with E-state index in [-0.39, 0.29) is 11.4 Å². The van der Waals surface area contributed by atoms with Crippen molar-refractivity contribution in [2.24, 2.45) is 0 Å². The Bertz CT molecular complexity index is 683. The molecule has 2 heterocycles. The number of halogens is 1. The molecule has 1 aliphatic rings. The van der Waals surface area contributed by atoms with E-state index in [1.807, 2.05) is 6.07 Å². The third-order valence-electron chi connectivity index (χ3n) is 3.92. The molecule has 1 fully saturated rings. The zero-order chi connectivity index (χ0) is 13.6. The van der Waals surface area contributed by atoms with Gasteiger partial charge in [0.15, 0.2) is 4.77 Å². The number of rotatable bonds is 1. The molecule has 0 bridgehead atoms. The zero-order valence-electron chi connectivity index (χ0n) is 11.1. The van der Waals surface area contributed by atoms with Gasteiger partial charge in [-0.1, -0.05) is 0 Å². The Labute approximate surface area is 116 Å². The highest BCUT2D eigenvalue weighted by Gasteiger charge is 2.31. The fourth-order valence-corrected chi connectivity index (χ4v) is 3.29. The first-order valence-corrected chi connectivity index (χ1v) is 6.91. The molecule has 1 aromatic heterocycles. The van der Waals surface area contributed by atoms with Crippen molar-refractivity contribution in [3.8, 4) is 0 Å². The summed E-state index contributed by atoms with van der Waals surface area (Å²) in [6.07, 6.45) is 2.04. The van der Waals surface area contributed by atoms with Crippen LogP contribution in [-0.2, 0) is 10.3 Å². The maximum absolute atomic E-state index is 13.6. The average Bonchev–Trinajstić information content (AvgIpc) is 2.67. The first-order valence-electron chi connectivity index (χ1n) is 6.50. The number of H-pyrrole nitrogens is 1. The largest absolute Gasteiger partial charge is 0.379 e. The molecule has 0 aliphatic carbocycles. The molecule has 1 atom stereocenters. The van der Waals surface area contributed by atoms with Gasteiger partial charge in [-0.15, -0.1) is 0 Å². The van der Waals surface area contributed by atoms with Crippen LogP contribution in [0.5, 0.6) is 0 Å². The Kier molecular flexibility index (Phi) is 2.98. The summed E-state index contributed by atoms with van der Waals surface area (Å²) < 4.78 is 22.0. The van der Waals surface area contributed by atoms with E-state index < -0.39 is 0 Å². The van der Waals surface area contributed by atoms with Gasteiger partial charge in [-0.2, -0.15) is 0 Å². The maximum atomic E-state index is 13.6. The molecular formula is C14H17FN2OS. The molecule has 1 aromatic carbocycles. The van der Waals surface area contributed by atoms with E-state index in [4.69, 9.17) is 17.0 Å². The van der Waals surface area contributed by atoms with Gasteiger partial charge in [-0.05, 0) is 56.6 Å². The molecule has 19 heavy (non-hydrogen) atoms. The highest BCUT2D eigenvalue weighted by atomic mass is 32.1. The van der Waals surface area contributed by atoms with Crippen LogP contribution >= 0.6 is 12.2 Å². The van der Waals surface area contributed by atoms with Gasteiger partial charge in [0.2, 0.25) is 0 Å². The van der Waals surface area contributed by atoms with Gasteiger partial charge >= 0.3 is 0 Å². The van der Waals surface area contributed by atoms with Crippen molar-refractivity contribution < 1.29 is 9.13 Å². The Morgan fingerprint density at radius 3 is 2.95 bits per heavy atom. The van der Waals surface area contributed by atoms with Crippen molar-refractivity contribution in [3.63, 3.8) is 0 Å². The molecule has 2 aromatic rings. The van der Waals surface area contributed by atoms with Gasteiger partial charge in [0.1, 0.15) is 5.82 Å². The van der Waals surface area contributed by atoms with E-state index in [1.54, 1.807) is 6.92 Å². The number of ether oxygens (including phenoxy) is 1. The Morgan fingerprint density at radius 2 is 2.26 bits per heavy atom. The summed E-state index contributed by atoms with van der Waals surface area (Å²) in [5.41, 5.74) is 2.19. The number of aromatic amines is 1. The highest BCUT2D eigenvalue weighted by Crippen LogP contribution is 2.31. The highest BCUT2D eigenvalue weighted by molar-refractivity contribution is 7.71. The monoisotopic (exact) mass is 280 g/mol. The van der Waals surface area contributed by atoms with E-state index in [2.05, 4.69) is 16.5 Å². The number of aromatic nitrogens is 2. The van der Waals surface area contributed by atoms with E-state index in [1.165, 1.54) is 6.07 Å². The van der Waals surface area contributed by atoms with Crippen LogP contribution in [0.25, 0.3) is 11.0 Å². The molecule has 5 heteroatoms. The van der Waals surface area contributed by atoms with Crippen LogP contribution in [0.2, 0.25) is 0 Å². The molecule has 1 aliphatic heterocycles. The molecule has 0 amide bonds. The SMILES string of the molecule is Cc1cc2c(cc1F)[nH]c(=S)n2C1(C)CCCOC1. The average molecular weight is 280 g/mol. The standard InChI is InChI=1S/C14H17FN2OS/c1-9-6-12-11(7-10(9)15)16-13(19)17(12)14(2)4-3-5-18-8-14/h6-7H,3-5,8H2,1-2H3,(H,16,19). The quantitative estimate of drug-likeness (QED) is 0.808. The number of aryl methyl sites for hydroxylation is 1. The zero-order valence-corrected chi connectivity index (χ0v) is 11.9. The van der Waals surface area contributed by atoms with Crippen molar-refractivity contribution in [2.75, 3.05) is 13.2 Å². The van der Waals surface area contributed by atoms with Crippen LogP contribution in [0, 0.1) is 17.5 Å². The molecule has 0 radical (unpaired) electrons. The molecule has 1 saturated heterocycles. The van der Waals surface area contributed by atoms with E-state index in [0.717, 1.165) is 30.5 Å². The molecular weight excluding hydrogens is 263 g/mol. The van der Waals surface area contributed by atoms with Crippen LogP contribution in [-0.4, -0.2) is 22.8 Å². The molecule has 0 saturated carbocycles. The van der Waals surface area contributed by atoms with Crippen molar-refractivity contribution in [1.82, 2.24) is 9.55 Å². The number of nitrogens with one attached hydrogen (secondary N) is 1. The normalized spacial score (nSPS) is 23.9. The van der Waals surface area contributed by atoms with Crippen LogP contribution in [0.15, 0.2) is 12.1 Å². The van der Waals surface area contributed by atoms with Crippen LogP contribution < -0.4 is 0 Å². The summed E-state index contributed by atoms with van der Waals surface area (Å²) in [5, 5.41) is 0. The second-order valence-electron chi connectivity index (χ2n) is 5.54. The lowest BCUT2D eigenvalue weighted by molar-refractivity contribution is 0.0108. The van der Waals surface area contributed by atoms with Crippen LogP contribution in [0.4, 0.5) is 4.39 Å². The number of benzene rings is 1. The van der Waals surface area contributed by atoms with Crippen LogP contribution in [0.1, 0.15) is 25.3 Å². The second-order valence-corrected chi connectivity index (χ2v) is 5.92. The first-order chi connectivity index (χ1) is 9.01.